The van der Waals surface area contributed by atoms with Gasteiger partial charge in [0.15, 0.2) is 0 Å². The van der Waals surface area contributed by atoms with Crippen LogP contribution in [0.3, 0.4) is 0 Å². The molecule has 1 N–H and O–H groups in total. The Bertz CT molecular complexity index is 212. The molecule has 0 saturated heterocycles. The van der Waals surface area contributed by atoms with Gasteiger partial charge >= 0.3 is 0 Å². The molecule has 1 saturated carbocycles. The van der Waals surface area contributed by atoms with Crippen LogP contribution in [0.5, 0.6) is 0 Å². The SMILES string of the molecule is CCC(C)(C)C1CCC(NC(C)C(C)C)CC1. The molecule has 0 aliphatic heterocycles. The normalized spacial score (nSPS) is 28.4. The second-order valence-electron chi connectivity index (χ2n) is 7.09. The highest BCUT2D eigenvalue weighted by molar-refractivity contribution is 4.86. The Kier molecular flexibility index (Phi) is 5.50. The monoisotopic (exact) mass is 239 g/mol. The van der Waals surface area contributed by atoms with Crippen molar-refractivity contribution in [3.63, 3.8) is 0 Å². The average Bonchev–Trinajstić information content (AvgIpc) is 2.29. The van der Waals surface area contributed by atoms with Gasteiger partial charge in [-0.25, -0.2) is 0 Å². The molecule has 17 heavy (non-hydrogen) atoms. The summed E-state index contributed by atoms with van der Waals surface area (Å²) >= 11 is 0. The molecular weight excluding hydrogens is 206 g/mol. The largest absolute Gasteiger partial charge is 0.311 e. The van der Waals surface area contributed by atoms with Crippen molar-refractivity contribution in [1.29, 1.82) is 0 Å². The van der Waals surface area contributed by atoms with Gasteiger partial charge in [-0.1, -0.05) is 41.0 Å². The molecule has 0 amide bonds. The lowest BCUT2D eigenvalue weighted by Crippen LogP contribution is -2.42. The first kappa shape index (κ1) is 15.0. The number of hydrogen-bond acceptors (Lipinski definition) is 1. The van der Waals surface area contributed by atoms with Gasteiger partial charge in [-0.05, 0) is 49.9 Å². The lowest BCUT2D eigenvalue weighted by atomic mass is 9.69. The molecule has 0 spiro atoms. The van der Waals surface area contributed by atoms with Gasteiger partial charge in [0, 0.05) is 12.1 Å². The second-order valence-corrected chi connectivity index (χ2v) is 7.09. The van der Waals surface area contributed by atoms with Gasteiger partial charge in [0.1, 0.15) is 0 Å². The molecule has 1 fully saturated rings. The van der Waals surface area contributed by atoms with Gasteiger partial charge in [0.05, 0.1) is 0 Å². The summed E-state index contributed by atoms with van der Waals surface area (Å²) < 4.78 is 0. The van der Waals surface area contributed by atoms with Crippen molar-refractivity contribution in [2.24, 2.45) is 17.3 Å². The molecule has 1 unspecified atom stereocenters. The molecule has 1 atom stereocenters. The zero-order chi connectivity index (χ0) is 13.1. The molecule has 102 valence electrons. The molecule has 0 aromatic carbocycles. The van der Waals surface area contributed by atoms with Crippen molar-refractivity contribution < 1.29 is 0 Å². The molecule has 1 rings (SSSR count). The third kappa shape index (κ3) is 4.28. The van der Waals surface area contributed by atoms with Crippen molar-refractivity contribution in [1.82, 2.24) is 5.32 Å². The van der Waals surface area contributed by atoms with Crippen molar-refractivity contribution in [3.05, 3.63) is 0 Å². The predicted octanol–water partition coefficient (Wildman–Crippen LogP) is 4.62. The van der Waals surface area contributed by atoms with Crippen LogP contribution >= 0.6 is 0 Å². The Labute approximate surface area is 109 Å². The number of nitrogens with one attached hydrogen (secondary N) is 1. The quantitative estimate of drug-likeness (QED) is 0.738. The molecule has 1 nitrogen and oxygen atoms in total. The maximum atomic E-state index is 3.81. The van der Waals surface area contributed by atoms with Crippen molar-refractivity contribution >= 4 is 0 Å². The van der Waals surface area contributed by atoms with E-state index in [2.05, 4.69) is 46.9 Å². The van der Waals surface area contributed by atoms with E-state index in [0.29, 0.717) is 11.5 Å². The molecule has 0 heterocycles. The second kappa shape index (κ2) is 6.22. The van der Waals surface area contributed by atoms with E-state index in [9.17, 15) is 0 Å². The van der Waals surface area contributed by atoms with Crippen LogP contribution in [0.2, 0.25) is 0 Å². The van der Waals surface area contributed by atoms with Crippen LogP contribution in [0.15, 0.2) is 0 Å². The van der Waals surface area contributed by atoms with Crippen LogP contribution in [0.4, 0.5) is 0 Å². The molecule has 0 aromatic heterocycles. The van der Waals surface area contributed by atoms with Gasteiger partial charge in [0.2, 0.25) is 0 Å². The summed E-state index contributed by atoms with van der Waals surface area (Å²) in [6.45, 7) is 14.2. The van der Waals surface area contributed by atoms with E-state index < -0.39 is 0 Å². The third-order valence-electron chi connectivity index (χ3n) is 5.24. The molecule has 0 bridgehead atoms. The topological polar surface area (TPSA) is 12.0 Å². The number of hydrogen-bond donors (Lipinski definition) is 1. The van der Waals surface area contributed by atoms with Gasteiger partial charge in [-0.15, -0.1) is 0 Å². The van der Waals surface area contributed by atoms with Crippen LogP contribution in [-0.2, 0) is 0 Å². The van der Waals surface area contributed by atoms with Crippen LogP contribution in [-0.4, -0.2) is 12.1 Å². The minimum absolute atomic E-state index is 0.550. The zero-order valence-electron chi connectivity index (χ0n) is 12.8. The molecule has 0 aromatic rings. The Hall–Kier alpha value is -0.0400. The molecule has 1 aliphatic rings. The summed E-state index contributed by atoms with van der Waals surface area (Å²) in [6, 6.07) is 1.44. The summed E-state index contributed by atoms with van der Waals surface area (Å²) in [5, 5.41) is 3.81. The first-order valence-corrected chi connectivity index (χ1v) is 7.63. The Balaban J connectivity index is 2.36. The average molecular weight is 239 g/mol. The maximum absolute atomic E-state index is 3.81. The molecule has 0 radical (unpaired) electrons. The van der Waals surface area contributed by atoms with Gasteiger partial charge < -0.3 is 5.32 Å². The highest BCUT2D eigenvalue weighted by atomic mass is 14.9. The van der Waals surface area contributed by atoms with E-state index in [1.54, 1.807) is 0 Å². The third-order valence-corrected chi connectivity index (χ3v) is 5.24. The number of rotatable bonds is 5. The summed E-state index contributed by atoms with van der Waals surface area (Å²) in [4.78, 5) is 0. The standard InChI is InChI=1S/C16H33N/c1-7-16(5,6)14-8-10-15(11-9-14)17-13(4)12(2)3/h12-15,17H,7-11H2,1-6H3. The summed E-state index contributed by atoms with van der Waals surface area (Å²) in [7, 11) is 0. The molecule has 1 aliphatic carbocycles. The molecule has 1 heteroatoms. The fraction of sp³-hybridized carbons (Fsp3) is 1.00. The van der Waals surface area contributed by atoms with Gasteiger partial charge in [-0.3, -0.25) is 0 Å². The van der Waals surface area contributed by atoms with E-state index >= 15 is 0 Å². The lowest BCUT2D eigenvalue weighted by molar-refractivity contribution is 0.132. The van der Waals surface area contributed by atoms with E-state index in [1.165, 1.54) is 32.1 Å². The highest BCUT2D eigenvalue weighted by Gasteiger charge is 2.32. The Morgan fingerprint density at radius 2 is 1.59 bits per heavy atom. The fourth-order valence-electron chi connectivity index (χ4n) is 2.89. The lowest BCUT2D eigenvalue weighted by Gasteiger charge is -2.40. The van der Waals surface area contributed by atoms with Crippen molar-refractivity contribution in [3.8, 4) is 0 Å². The summed E-state index contributed by atoms with van der Waals surface area (Å²) in [5.74, 6) is 1.69. The van der Waals surface area contributed by atoms with E-state index in [1.807, 2.05) is 0 Å². The minimum Gasteiger partial charge on any atom is -0.311 e. The van der Waals surface area contributed by atoms with Gasteiger partial charge in [-0.2, -0.15) is 0 Å². The Morgan fingerprint density at radius 3 is 2.00 bits per heavy atom. The predicted molar refractivity (Wildman–Crippen MR) is 77.3 cm³/mol. The van der Waals surface area contributed by atoms with Gasteiger partial charge in [0.25, 0.3) is 0 Å². The zero-order valence-corrected chi connectivity index (χ0v) is 12.8. The minimum atomic E-state index is 0.550. The highest BCUT2D eigenvalue weighted by Crippen LogP contribution is 2.40. The fourth-order valence-corrected chi connectivity index (χ4v) is 2.89. The van der Waals surface area contributed by atoms with E-state index in [4.69, 9.17) is 0 Å². The van der Waals surface area contributed by atoms with Crippen LogP contribution < -0.4 is 5.32 Å². The maximum Gasteiger partial charge on any atom is 0.00698 e. The van der Waals surface area contributed by atoms with Crippen LogP contribution in [0, 0.1) is 17.3 Å². The smallest absolute Gasteiger partial charge is 0.00698 e. The van der Waals surface area contributed by atoms with E-state index in [0.717, 1.165) is 17.9 Å². The van der Waals surface area contributed by atoms with Crippen molar-refractivity contribution in [2.75, 3.05) is 0 Å². The Morgan fingerprint density at radius 1 is 1.06 bits per heavy atom. The summed E-state index contributed by atoms with van der Waals surface area (Å²) in [5.41, 5.74) is 0.550. The first-order valence-electron chi connectivity index (χ1n) is 7.63. The first-order chi connectivity index (χ1) is 7.86. The summed E-state index contributed by atoms with van der Waals surface area (Å²) in [6.07, 6.45) is 6.92. The molecular formula is C16H33N. The van der Waals surface area contributed by atoms with E-state index in [-0.39, 0.29) is 0 Å². The van der Waals surface area contributed by atoms with Crippen LogP contribution in [0.25, 0.3) is 0 Å². The van der Waals surface area contributed by atoms with Crippen molar-refractivity contribution in [2.45, 2.75) is 85.7 Å². The van der Waals surface area contributed by atoms with Crippen LogP contribution in [0.1, 0.15) is 73.6 Å².